The van der Waals surface area contributed by atoms with Crippen molar-refractivity contribution < 1.29 is 14.1 Å². The summed E-state index contributed by atoms with van der Waals surface area (Å²) < 4.78 is 5.24. The molecule has 0 fully saturated rings. The molecule has 0 spiro atoms. The Labute approximate surface area is 146 Å². The van der Waals surface area contributed by atoms with Crippen molar-refractivity contribution in [3.63, 3.8) is 0 Å². The van der Waals surface area contributed by atoms with E-state index in [4.69, 9.17) is 10.3 Å². The van der Waals surface area contributed by atoms with Gasteiger partial charge < -0.3 is 20.9 Å². The van der Waals surface area contributed by atoms with Crippen LogP contribution in [0, 0.1) is 0 Å². The van der Waals surface area contributed by atoms with E-state index in [2.05, 4.69) is 20.8 Å². The van der Waals surface area contributed by atoms with Crippen LogP contribution in [0.2, 0.25) is 0 Å². The van der Waals surface area contributed by atoms with E-state index < -0.39 is 12.1 Å². The van der Waals surface area contributed by atoms with E-state index in [0.29, 0.717) is 23.8 Å². The van der Waals surface area contributed by atoms with E-state index >= 15 is 0 Å². The molecule has 0 aliphatic carbocycles. The summed E-state index contributed by atoms with van der Waals surface area (Å²) in [6, 6.07) is 5.85. The van der Waals surface area contributed by atoms with Crippen molar-refractivity contribution in [2.75, 3.05) is 0 Å². The number of hydrogen-bond acceptors (Lipinski definition) is 5. The second-order valence-electron chi connectivity index (χ2n) is 6.82. The minimum Gasteiger partial charge on any atom is -0.352 e. The van der Waals surface area contributed by atoms with Gasteiger partial charge in [0.15, 0.2) is 5.82 Å². The quantitative estimate of drug-likeness (QED) is 0.765. The zero-order chi connectivity index (χ0) is 18.6. The summed E-state index contributed by atoms with van der Waals surface area (Å²) in [6.45, 7) is 8.05. The van der Waals surface area contributed by atoms with Gasteiger partial charge in [-0.15, -0.1) is 0 Å². The minimum absolute atomic E-state index is 0.222. The fourth-order valence-corrected chi connectivity index (χ4v) is 2.02. The molecule has 0 saturated heterocycles. The van der Waals surface area contributed by atoms with Crippen LogP contribution in [0.4, 0.5) is 4.79 Å². The van der Waals surface area contributed by atoms with Gasteiger partial charge in [-0.2, -0.15) is 4.98 Å². The summed E-state index contributed by atoms with van der Waals surface area (Å²) >= 11 is 0. The average molecular weight is 345 g/mol. The van der Waals surface area contributed by atoms with E-state index in [1.807, 2.05) is 20.8 Å². The number of nitrogens with two attached hydrogens (primary N) is 1. The van der Waals surface area contributed by atoms with Gasteiger partial charge >= 0.3 is 6.03 Å². The van der Waals surface area contributed by atoms with Gasteiger partial charge in [0.1, 0.15) is 6.04 Å². The number of hydrogen-bond donors (Lipinski definition) is 3. The van der Waals surface area contributed by atoms with Crippen LogP contribution in [-0.2, 0) is 12.0 Å². The Balaban J connectivity index is 1.99. The molecule has 0 radical (unpaired) electrons. The molecule has 1 atom stereocenters. The van der Waals surface area contributed by atoms with Gasteiger partial charge in [-0.3, -0.25) is 4.79 Å². The van der Waals surface area contributed by atoms with Gasteiger partial charge in [-0.05, 0) is 24.6 Å². The third-order valence-electron chi connectivity index (χ3n) is 3.51. The van der Waals surface area contributed by atoms with Crippen LogP contribution < -0.4 is 16.4 Å². The summed E-state index contributed by atoms with van der Waals surface area (Å²) in [6.07, 6.45) is 0. The maximum absolute atomic E-state index is 12.3. The molecule has 2 aromatic rings. The Morgan fingerprint density at radius 2 is 1.88 bits per heavy atom. The van der Waals surface area contributed by atoms with Crippen LogP contribution >= 0.6 is 0 Å². The second kappa shape index (κ2) is 7.33. The standard InChI is InChI=1S/C17H23N5O3/c1-10(14-21-15(22-25-14)17(2,3)4)20-13(23)12-7-5-11(6-8-12)9-19-16(18)24/h5-8,10H,9H2,1-4H3,(H,20,23)(H3,18,19,24). The van der Waals surface area contributed by atoms with Gasteiger partial charge in [-0.25, -0.2) is 4.79 Å². The Kier molecular flexibility index (Phi) is 5.41. The predicted molar refractivity (Wildman–Crippen MR) is 91.7 cm³/mol. The van der Waals surface area contributed by atoms with E-state index in [1.54, 1.807) is 31.2 Å². The Bertz CT molecular complexity index is 746. The molecule has 1 unspecified atom stereocenters. The van der Waals surface area contributed by atoms with Crippen LogP contribution in [0.15, 0.2) is 28.8 Å². The molecular formula is C17H23N5O3. The molecule has 8 heteroatoms. The highest BCUT2D eigenvalue weighted by molar-refractivity contribution is 5.94. The summed E-state index contributed by atoms with van der Waals surface area (Å²) in [5, 5.41) is 9.26. The van der Waals surface area contributed by atoms with Gasteiger partial charge in [0.2, 0.25) is 5.89 Å². The molecule has 3 amide bonds. The number of nitrogens with zero attached hydrogens (tertiary/aromatic N) is 2. The zero-order valence-electron chi connectivity index (χ0n) is 14.8. The first-order chi connectivity index (χ1) is 11.7. The van der Waals surface area contributed by atoms with E-state index in [0.717, 1.165) is 5.56 Å². The lowest BCUT2D eigenvalue weighted by atomic mass is 9.96. The van der Waals surface area contributed by atoms with Gasteiger partial charge in [0.25, 0.3) is 5.91 Å². The molecular weight excluding hydrogens is 322 g/mol. The summed E-state index contributed by atoms with van der Waals surface area (Å²) in [5.74, 6) is 0.702. The van der Waals surface area contributed by atoms with Crippen LogP contribution in [0.1, 0.15) is 61.4 Å². The smallest absolute Gasteiger partial charge is 0.312 e. The van der Waals surface area contributed by atoms with Crippen molar-refractivity contribution in [3.8, 4) is 0 Å². The zero-order valence-corrected chi connectivity index (χ0v) is 14.8. The first kappa shape index (κ1) is 18.4. The molecule has 1 heterocycles. The monoisotopic (exact) mass is 345 g/mol. The topological polar surface area (TPSA) is 123 Å². The van der Waals surface area contributed by atoms with Crippen molar-refractivity contribution in [1.82, 2.24) is 20.8 Å². The fraction of sp³-hybridized carbons (Fsp3) is 0.412. The van der Waals surface area contributed by atoms with E-state index in [9.17, 15) is 9.59 Å². The van der Waals surface area contributed by atoms with Crippen molar-refractivity contribution in [2.24, 2.45) is 5.73 Å². The lowest BCUT2D eigenvalue weighted by Gasteiger charge is -2.12. The summed E-state index contributed by atoms with van der Waals surface area (Å²) in [7, 11) is 0. The molecule has 1 aromatic carbocycles. The predicted octanol–water partition coefficient (Wildman–Crippen LogP) is 2.03. The highest BCUT2D eigenvalue weighted by atomic mass is 16.5. The lowest BCUT2D eigenvalue weighted by Crippen LogP contribution is -2.29. The number of benzene rings is 1. The Hall–Kier alpha value is -2.90. The molecule has 0 aliphatic rings. The molecule has 0 bridgehead atoms. The molecule has 4 N–H and O–H groups in total. The highest BCUT2D eigenvalue weighted by Gasteiger charge is 2.24. The maximum atomic E-state index is 12.3. The molecule has 25 heavy (non-hydrogen) atoms. The number of carbonyl (C=O) groups is 2. The molecule has 0 aliphatic heterocycles. The number of amides is 3. The third kappa shape index (κ3) is 5.03. The Morgan fingerprint density at radius 3 is 2.40 bits per heavy atom. The molecule has 0 saturated carbocycles. The minimum atomic E-state index is -0.593. The molecule has 1 aromatic heterocycles. The Morgan fingerprint density at radius 1 is 1.24 bits per heavy atom. The molecule has 8 nitrogen and oxygen atoms in total. The van der Waals surface area contributed by atoms with Crippen LogP contribution in [0.25, 0.3) is 0 Å². The number of carbonyl (C=O) groups excluding carboxylic acids is 2. The van der Waals surface area contributed by atoms with Gasteiger partial charge in [-0.1, -0.05) is 38.1 Å². The van der Waals surface area contributed by atoms with E-state index in [-0.39, 0.29) is 11.3 Å². The highest BCUT2D eigenvalue weighted by Crippen LogP contribution is 2.20. The average Bonchev–Trinajstić information content (AvgIpc) is 3.03. The van der Waals surface area contributed by atoms with Gasteiger partial charge in [0, 0.05) is 17.5 Å². The first-order valence-electron chi connectivity index (χ1n) is 7.94. The van der Waals surface area contributed by atoms with Crippen LogP contribution in [-0.4, -0.2) is 22.1 Å². The number of aromatic nitrogens is 2. The number of primary amides is 1. The van der Waals surface area contributed by atoms with Gasteiger partial charge in [0.05, 0.1) is 0 Å². The van der Waals surface area contributed by atoms with Crippen molar-refractivity contribution in [2.45, 2.75) is 45.7 Å². The molecule has 134 valence electrons. The maximum Gasteiger partial charge on any atom is 0.312 e. The van der Waals surface area contributed by atoms with Crippen LogP contribution in [0.3, 0.4) is 0 Å². The SMILES string of the molecule is CC(NC(=O)c1ccc(CNC(N)=O)cc1)c1nc(C(C)(C)C)no1. The number of rotatable bonds is 5. The third-order valence-corrected chi connectivity index (χ3v) is 3.51. The lowest BCUT2D eigenvalue weighted by molar-refractivity contribution is 0.0932. The fourth-order valence-electron chi connectivity index (χ4n) is 2.02. The van der Waals surface area contributed by atoms with Crippen molar-refractivity contribution >= 4 is 11.9 Å². The summed E-state index contributed by atoms with van der Waals surface area (Å²) in [4.78, 5) is 27.4. The first-order valence-corrected chi connectivity index (χ1v) is 7.94. The largest absolute Gasteiger partial charge is 0.352 e. The molecule has 2 rings (SSSR count). The summed E-state index contributed by atoms with van der Waals surface area (Å²) in [5.41, 5.74) is 6.13. The van der Waals surface area contributed by atoms with E-state index in [1.165, 1.54) is 0 Å². The number of nitrogens with one attached hydrogen (secondary N) is 2. The van der Waals surface area contributed by atoms with Crippen LogP contribution in [0.5, 0.6) is 0 Å². The normalized spacial score (nSPS) is 12.5. The number of urea groups is 1. The van der Waals surface area contributed by atoms with Crippen molar-refractivity contribution in [1.29, 1.82) is 0 Å². The van der Waals surface area contributed by atoms with Crippen molar-refractivity contribution in [3.05, 3.63) is 47.1 Å². The second-order valence-corrected chi connectivity index (χ2v) is 6.82.